The molecule has 0 radical (unpaired) electrons. The zero-order valence-corrected chi connectivity index (χ0v) is 32.6. The van der Waals surface area contributed by atoms with Crippen LogP contribution in [0, 0.1) is 0 Å². The number of nitrogens with one attached hydrogen (secondary N) is 4. The summed E-state index contributed by atoms with van der Waals surface area (Å²) in [5.74, 6) is -5.39. The topological polar surface area (TPSA) is 252 Å². The Morgan fingerprint density at radius 1 is 0.661 bits per heavy atom. The molecule has 6 rings (SSSR count). The molecule has 56 heavy (non-hydrogen) atoms. The molecule has 2 saturated carbocycles. The van der Waals surface area contributed by atoms with E-state index in [0.29, 0.717) is 30.7 Å². The Bertz CT molecular complexity index is 2060. The van der Waals surface area contributed by atoms with Gasteiger partial charge in [-0.3, -0.25) is 53.1 Å². The maximum absolute atomic E-state index is 12.9. The molecule has 4 amide bonds. The van der Waals surface area contributed by atoms with Crippen molar-refractivity contribution < 1.29 is 43.2 Å². The zero-order chi connectivity index (χ0) is 40.2. The summed E-state index contributed by atoms with van der Waals surface area (Å²) in [5, 5.41) is 13.1. The molecule has 2 fully saturated rings. The lowest BCUT2D eigenvalue weighted by Crippen LogP contribution is -2.45. The average molecular weight is 807 g/mol. The van der Waals surface area contributed by atoms with E-state index >= 15 is 0 Å². The van der Waals surface area contributed by atoms with Gasteiger partial charge in [0.05, 0.1) is 49.9 Å². The van der Waals surface area contributed by atoms with E-state index in [2.05, 4.69) is 41.2 Å². The Balaban J connectivity index is 0.906. The molecule has 0 unspecified atom stereocenters. The molecule has 2 atom stereocenters. The second-order valence-electron chi connectivity index (χ2n) is 14.8. The summed E-state index contributed by atoms with van der Waals surface area (Å²) >= 11 is 1.78. The molecule has 0 bridgehead atoms. The van der Waals surface area contributed by atoms with Gasteiger partial charge in [-0.2, -0.15) is 0 Å². The largest absolute Gasteiger partial charge is 0.349 e. The molecule has 2 aliphatic carbocycles. The highest BCUT2D eigenvalue weighted by molar-refractivity contribution is 7.13. The highest BCUT2D eigenvalue weighted by atomic mass is 32.1. The van der Waals surface area contributed by atoms with Crippen molar-refractivity contribution >= 4 is 86.6 Å². The van der Waals surface area contributed by atoms with Crippen LogP contribution < -0.4 is 21.3 Å². The van der Waals surface area contributed by atoms with Crippen molar-refractivity contribution in [2.24, 2.45) is 9.98 Å². The highest BCUT2D eigenvalue weighted by Gasteiger charge is 2.52. The molecule has 0 saturated heterocycles. The summed E-state index contributed by atoms with van der Waals surface area (Å²) in [6.45, 7) is 3.34. The van der Waals surface area contributed by atoms with Crippen LogP contribution in [0.15, 0.2) is 20.7 Å². The fourth-order valence-electron chi connectivity index (χ4n) is 6.51. The molecule has 0 spiro atoms. The first-order valence-electron chi connectivity index (χ1n) is 18.5. The molecule has 2 aromatic rings. The minimum Gasteiger partial charge on any atom is -0.349 e. The number of carbonyl (C=O) groups excluding carboxylic acids is 9. The van der Waals surface area contributed by atoms with Gasteiger partial charge in [0.15, 0.2) is 16.6 Å². The highest BCUT2D eigenvalue weighted by Crippen LogP contribution is 2.38. The third-order valence-electron chi connectivity index (χ3n) is 10.1. The molecule has 2 aromatic heterocycles. The molecular formula is C37H42N8O9S2. The van der Waals surface area contributed by atoms with Crippen LogP contribution in [0.25, 0.3) is 0 Å². The second-order valence-corrected chi connectivity index (χ2v) is 16.6. The Morgan fingerprint density at radius 2 is 1.18 bits per heavy atom. The number of carbonyl (C=O) groups is 9. The number of hydrogen-bond donors (Lipinski definition) is 4. The molecule has 19 heteroatoms. The fraction of sp³-hybridized carbons (Fsp3) is 0.541. The van der Waals surface area contributed by atoms with Crippen LogP contribution in [0.2, 0.25) is 0 Å². The van der Waals surface area contributed by atoms with Gasteiger partial charge < -0.3 is 21.3 Å². The first-order valence-corrected chi connectivity index (χ1v) is 20.2. The predicted molar refractivity (Wildman–Crippen MR) is 203 cm³/mol. The van der Waals surface area contributed by atoms with E-state index in [-0.39, 0.29) is 59.7 Å². The predicted octanol–water partition coefficient (Wildman–Crippen LogP) is 1.82. The molecular weight excluding hydrogens is 765 g/mol. The van der Waals surface area contributed by atoms with Crippen molar-refractivity contribution in [1.29, 1.82) is 0 Å². The molecule has 0 aromatic carbocycles. The van der Waals surface area contributed by atoms with Crippen molar-refractivity contribution in [3.05, 3.63) is 32.2 Å². The average Bonchev–Trinajstić information content (AvgIpc) is 3.76. The first-order chi connectivity index (χ1) is 26.6. The minimum atomic E-state index is -1.09. The van der Waals surface area contributed by atoms with Gasteiger partial charge in [0.25, 0.3) is 11.6 Å². The van der Waals surface area contributed by atoms with Gasteiger partial charge in [0.2, 0.25) is 29.4 Å². The maximum atomic E-state index is 12.9. The lowest BCUT2D eigenvalue weighted by molar-refractivity contribution is -0.133. The van der Waals surface area contributed by atoms with Gasteiger partial charge in [-0.1, -0.05) is 0 Å². The molecule has 17 nitrogen and oxygen atoms in total. The van der Waals surface area contributed by atoms with Crippen LogP contribution in [0.3, 0.4) is 0 Å². The molecule has 2 aliphatic heterocycles. The Kier molecular flexibility index (Phi) is 12.2. The number of thiazole rings is 2. The molecule has 4 heterocycles. The number of aromatic nitrogens is 2. The van der Waals surface area contributed by atoms with Crippen LogP contribution in [-0.2, 0) is 35.3 Å². The van der Waals surface area contributed by atoms with Gasteiger partial charge >= 0.3 is 0 Å². The van der Waals surface area contributed by atoms with Crippen molar-refractivity contribution in [3.8, 4) is 0 Å². The van der Waals surface area contributed by atoms with E-state index in [1.54, 1.807) is 0 Å². The summed E-state index contributed by atoms with van der Waals surface area (Å²) in [7, 11) is 0. The van der Waals surface area contributed by atoms with Gasteiger partial charge in [0.1, 0.15) is 16.4 Å². The smallest absolute Gasteiger partial charge is 0.263 e. The fourth-order valence-corrected chi connectivity index (χ4v) is 7.98. The summed E-state index contributed by atoms with van der Waals surface area (Å²) in [4.78, 5) is 131. The monoisotopic (exact) mass is 806 g/mol. The van der Waals surface area contributed by atoms with Gasteiger partial charge in [-0.05, 0) is 65.2 Å². The summed E-state index contributed by atoms with van der Waals surface area (Å²) in [6.07, 6.45) is 4.28. The quantitative estimate of drug-likeness (QED) is 0.0853. The lowest BCUT2D eigenvalue weighted by atomic mass is 10.1. The van der Waals surface area contributed by atoms with E-state index in [1.165, 1.54) is 10.8 Å². The van der Waals surface area contributed by atoms with E-state index in [9.17, 15) is 43.2 Å². The van der Waals surface area contributed by atoms with Crippen molar-refractivity contribution in [1.82, 2.24) is 31.2 Å². The molecule has 4 N–H and O–H groups in total. The standard InChI is InChI=1S/C37H42N8O9S2/c1-19-3-5-21(40-19)11-30(51)44-36(7-8-36)26(47)13-28(49)38-15-25(46)23-17-56-35(43-23)34(54)33(53)24-18-55-32(42-24)16-39-29(50)14-27(48)37(9-10-37)45-31(52)12-22-6-4-20(2)41-22/h17-20H,3-16H2,1-2H3,(H,38,49)(H,39,50)(H,44,51)(H,45,52)/t19-,20-/m0/s1. The second kappa shape index (κ2) is 16.9. The van der Waals surface area contributed by atoms with E-state index < -0.39 is 71.2 Å². The van der Waals surface area contributed by atoms with Crippen molar-refractivity contribution in [3.63, 3.8) is 0 Å². The minimum absolute atomic E-state index is 0.103. The van der Waals surface area contributed by atoms with Crippen molar-refractivity contribution in [2.75, 3.05) is 6.54 Å². The Morgan fingerprint density at radius 3 is 1.68 bits per heavy atom. The lowest BCUT2D eigenvalue weighted by Gasteiger charge is -2.16. The number of nitrogens with zero attached hydrogens (tertiary/aromatic N) is 4. The number of hydrogen-bond acceptors (Lipinski definition) is 15. The molecule has 296 valence electrons. The molecule has 4 aliphatic rings. The van der Waals surface area contributed by atoms with Gasteiger partial charge in [-0.25, -0.2) is 9.97 Å². The Hall–Kier alpha value is -5.17. The summed E-state index contributed by atoms with van der Waals surface area (Å²) in [5.41, 5.74) is -0.873. The summed E-state index contributed by atoms with van der Waals surface area (Å²) < 4.78 is 0. The van der Waals surface area contributed by atoms with Crippen molar-refractivity contribution in [2.45, 2.75) is 121 Å². The van der Waals surface area contributed by atoms with Gasteiger partial charge in [-0.15, -0.1) is 22.7 Å². The maximum Gasteiger partial charge on any atom is 0.263 e. The van der Waals surface area contributed by atoms with Crippen LogP contribution in [0.5, 0.6) is 0 Å². The van der Waals surface area contributed by atoms with Crippen LogP contribution >= 0.6 is 22.7 Å². The number of rotatable bonds is 20. The van der Waals surface area contributed by atoms with E-state index in [1.807, 2.05) is 13.8 Å². The van der Waals surface area contributed by atoms with Crippen LogP contribution in [0.4, 0.5) is 0 Å². The number of ketones is 5. The van der Waals surface area contributed by atoms with Gasteiger partial charge in [0, 0.05) is 34.3 Å². The van der Waals surface area contributed by atoms with Crippen LogP contribution in [0.1, 0.15) is 127 Å². The normalized spacial score (nSPS) is 19.9. The number of Topliss-reactive ketones (excluding diaryl/α,β-unsaturated/α-hetero) is 5. The Labute approximate surface area is 329 Å². The van der Waals surface area contributed by atoms with Crippen LogP contribution in [-0.4, -0.2) is 104 Å². The number of amides is 4. The van der Waals surface area contributed by atoms with E-state index in [4.69, 9.17) is 0 Å². The first kappa shape index (κ1) is 40.5. The van der Waals surface area contributed by atoms with E-state index in [0.717, 1.165) is 59.8 Å². The SMILES string of the molecule is C[C@H]1CCC(CC(=O)NC2(C(=O)CC(=O)NCC(=O)c3csc(C(=O)C(=O)c4csc(CNC(=O)CC(=O)C5(NC(=O)CC6=N[C@@H](C)CC6)CC5)n4)n3)CC2)=N1. The zero-order valence-electron chi connectivity index (χ0n) is 31.0. The third-order valence-corrected chi connectivity index (χ3v) is 11.8. The number of aliphatic imine (C=N–C) groups is 2. The summed E-state index contributed by atoms with van der Waals surface area (Å²) in [6, 6.07) is 0.361. The third kappa shape index (κ3) is 10.2.